The van der Waals surface area contributed by atoms with E-state index in [0.29, 0.717) is 6.04 Å². The van der Waals surface area contributed by atoms with Crippen LogP contribution in [0.25, 0.3) is 0 Å². The number of hydrogen-bond donors (Lipinski definition) is 2. The summed E-state index contributed by atoms with van der Waals surface area (Å²) in [5, 5.41) is 13.6. The minimum atomic E-state index is -0.0545. The molecule has 1 aromatic carbocycles. The zero-order valence-corrected chi connectivity index (χ0v) is 12.8. The largest absolute Gasteiger partial charge is 0.505 e. The number of hydrogen-bond acceptors (Lipinski definition) is 3. The van der Waals surface area contributed by atoms with Crippen LogP contribution in [0.15, 0.2) is 12.1 Å². The molecule has 0 bridgehead atoms. The van der Waals surface area contributed by atoms with Gasteiger partial charge < -0.3 is 10.4 Å². The van der Waals surface area contributed by atoms with Gasteiger partial charge in [0.1, 0.15) is 0 Å². The van der Waals surface area contributed by atoms with E-state index in [4.69, 9.17) is 23.2 Å². The van der Waals surface area contributed by atoms with Gasteiger partial charge >= 0.3 is 0 Å². The van der Waals surface area contributed by atoms with Gasteiger partial charge in [0.05, 0.1) is 10.0 Å². The second-order valence-electron chi connectivity index (χ2n) is 5.30. The van der Waals surface area contributed by atoms with Gasteiger partial charge in [-0.25, -0.2) is 0 Å². The molecule has 0 amide bonds. The van der Waals surface area contributed by atoms with Crippen molar-refractivity contribution >= 4 is 40.7 Å². The number of rotatable bonds is 2. The molecule has 0 spiro atoms. The highest BCUT2D eigenvalue weighted by atomic mass is 35.5. The molecule has 0 aliphatic carbocycles. The molecule has 2 N–H and O–H groups in total. The van der Waals surface area contributed by atoms with Crippen molar-refractivity contribution in [1.82, 2.24) is 0 Å². The van der Waals surface area contributed by atoms with Crippen molar-refractivity contribution in [2.24, 2.45) is 5.41 Å². The molecule has 1 saturated heterocycles. The minimum Gasteiger partial charge on any atom is -0.505 e. The Bertz CT molecular complexity index is 428. The molecule has 1 unspecified atom stereocenters. The van der Waals surface area contributed by atoms with Gasteiger partial charge in [-0.05, 0) is 29.7 Å². The van der Waals surface area contributed by atoms with Crippen molar-refractivity contribution in [2.45, 2.75) is 26.3 Å². The predicted molar refractivity (Wildman–Crippen MR) is 81.3 cm³/mol. The Balaban J connectivity index is 2.18. The maximum atomic E-state index is 9.54. The fourth-order valence-corrected chi connectivity index (χ4v) is 4.12. The van der Waals surface area contributed by atoms with Crippen molar-refractivity contribution in [3.63, 3.8) is 0 Å². The van der Waals surface area contributed by atoms with Crippen LogP contribution < -0.4 is 5.32 Å². The molecule has 1 aromatic rings. The van der Waals surface area contributed by atoms with Crippen molar-refractivity contribution in [3.8, 4) is 5.75 Å². The summed E-state index contributed by atoms with van der Waals surface area (Å²) in [6.45, 7) is 4.54. The van der Waals surface area contributed by atoms with E-state index in [9.17, 15) is 5.11 Å². The lowest BCUT2D eigenvalue weighted by Gasteiger charge is -2.39. The fraction of sp³-hybridized carbons (Fsp3) is 0.538. The van der Waals surface area contributed by atoms with Crippen LogP contribution in [0.4, 0.5) is 5.69 Å². The standard InChI is InChI=1S/C13H17Cl2NOS/c1-13(2)3-4-18-7-11(13)16-8-5-9(14)12(17)10(15)6-8/h5-6,11,16-17H,3-4,7H2,1-2H3. The molecule has 0 aromatic heterocycles. The number of nitrogens with one attached hydrogen (secondary N) is 1. The number of phenols is 1. The van der Waals surface area contributed by atoms with Crippen LogP contribution in [0.1, 0.15) is 20.3 Å². The van der Waals surface area contributed by atoms with E-state index in [1.54, 1.807) is 12.1 Å². The van der Waals surface area contributed by atoms with Gasteiger partial charge in [-0.15, -0.1) is 0 Å². The third-order valence-electron chi connectivity index (χ3n) is 3.48. The number of phenolic OH excluding ortho intramolecular Hbond substituents is 1. The van der Waals surface area contributed by atoms with Gasteiger partial charge in [0.2, 0.25) is 0 Å². The highest BCUT2D eigenvalue weighted by Crippen LogP contribution is 2.39. The van der Waals surface area contributed by atoms with Crippen molar-refractivity contribution < 1.29 is 5.11 Å². The Morgan fingerprint density at radius 2 is 1.94 bits per heavy atom. The van der Waals surface area contributed by atoms with Crippen molar-refractivity contribution in [1.29, 1.82) is 0 Å². The molecule has 1 atom stereocenters. The van der Waals surface area contributed by atoms with E-state index >= 15 is 0 Å². The van der Waals surface area contributed by atoms with Crippen LogP contribution in [0.5, 0.6) is 5.75 Å². The second-order valence-corrected chi connectivity index (χ2v) is 7.26. The number of anilines is 1. The van der Waals surface area contributed by atoms with Crippen molar-refractivity contribution in [3.05, 3.63) is 22.2 Å². The summed E-state index contributed by atoms with van der Waals surface area (Å²) in [7, 11) is 0. The van der Waals surface area contributed by atoms with Gasteiger partial charge in [-0.2, -0.15) is 11.8 Å². The molecule has 2 rings (SSSR count). The first kappa shape index (κ1) is 14.2. The highest BCUT2D eigenvalue weighted by Gasteiger charge is 2.32. The molecular weight excluding hydrogens is 289 g/mol. The molecule has 1 aliphatic rings. The zero-order valence-electron chi connectivity index (χ0n) is 10.5. The van der Waals surface area contributed by atoms with Gasteiger partial charge in [0, 0.05) is 17.5 Å². The number of benzene rings is 1. The summed E-state index contributed by atoms with van der Waals surface area (Å²) in [6, 6.07) is 3.82. The molecule has 1 fully saturated rings. The van der Waals surface area contributed by atoms with Crippen LogP contribution in [-0.2, 0) is 0 Å². The van der Waals surface area contributed by atoms with Crippen molar-refractivity contribution in [2.75, 3.05) is 16.8 Å². The molecular formula is C13H17Cl2NOS. The molecule has 1 heterocycles. The molecule has 1 aliphatic heterocycles. The Kier molecular flexibility index (Phi) is 4.25. The maximum absolute atomic E-state index is 9.54. The molecule has 100 valence electrons. The Morgan fingerprint density at radius 1 is 1.33 bits per heavy atom. The Hall–Kier alpha value is -0.250. The summed E-state index contributed by atoms with van der Waals surface area (Å²) >= 11 is 13.8. The number of thioether (sulfide) groups is 1. The topological polar surface area (TPSA) is 32.3 Å². The second kappa shape index (κ2) is 5.40. The van der Waals surface area contributed by atoms with E-state index in [1.807, 2.05) is 11.8 Å². The van der Waals surface area contributed by atoms with Crippen LogP contribution in [0.2, 0.25) is 10.0 Å². The third kappa shape index (κ3) is 3.01. The highest BCUT2D eigenvalue weighted by molar-refractivity contribution is 7.99. The summed E-state index contributed by atoms with van der Waals surface area (Å²) in [5.74, 6) is 2.23. The van der Waals surface area contributed by atoms with E-state index in [2.05, 4.69) is 19.2 Å². The van der Waals surface area contributed by atoms with Crippen LogP contribution in [0, 0.1) is 5.41 Å². The SMILES string of the molecule is CC1(C)CCSCC1Nc1cc(Cl)c(O)c(Cl)c1. The van der Waals surface area contributed by atoms with Gasteiger partial charge in [-0.1, -0.05) is 37.0 Å². The fourth-order valence-electron chi connectivity index (χ4n) is 2.02. The summed E-state index contributed by atoms with van der Waals surface area (Å²) < 4.78 is 0. The smallest absolute Gasteiger partial charge is 0.152 e. The molecule has 0 saturated carbocycles. The lowest BCUT2D eigenvalue weighted by molar-refractivity contribution is 0.305. The average Bonchev–Trinajstić information content (AvgIpc) is 2.28. The first-order valence-corrected chi connectivity index (χ1v) is 7.83. The first-order valence-electron chi connectivity index (χ1n) is 5.92. The number of aromatic hydroxyl groups is 1. The van der Waals surface area contributed by atoms with E-state index in [1.165, 1.54) is 12.2 Å². The summed E-state index contributed by atoms with van der Waals surface area (Å²) in [4.78, 5) is 0. The molecule has 2 nitrogen and oxygen atoms in total. The lowest BCUT2D eigenvalue weighted by atomic mass is 9.82. The minimum absolute atomic E-state index is 0.0545. The average molecular weight is 306 g/mol. The van der Waals surface area contributed by atoms with Gasteiger partial charge in [-0.3, -0.25) is 0 Å². The molecule has 18 heavy (non-hydrogen) atoms. The van der Waals surface area contributed by atoms with Crippen LogP contribution >= 0.6 is 35.0 Å². The first-order chi connectivity index (χ1) is 8.40. The third-order valence-corrected chi connectivity index (χ3v) is 5.11. The summed E-state index contributed by atoms with van der Waals surface area (Å²) in [6.07, 6.45) is 1.19. The quantitative estimate of drug-likeness (QED) is 0.781. The predicted octanol–water partition coefficient (Wildman–Crippen LogP) is 4.64. The Morgan fingerprint density at radius 3 is 2.50 bits per heavy atom. The van der Waals surface area contributed by atoms with Gasteiger partial charge in [0.25, 0.3) is 0 Å². The van der Waals surface area contributed by atoms with Crippen LogP contribution in [-0.4, -0.2) is 22.7 Å². The normalized spacial score (nSPS) is 22.8. The summed E-state index contributed by atoms with van der Waals surface area (Å²) in [5.41, 5.74) is 1.12. The Labute approximate surface area is 122 Å². The lowest BCUT2D eigenvalue weighted by Crippen LogP contribution is -2.41. The molecule has 5 heteroatoms. The number of halogens is 2. The molecule has 0 radical (unpaired) electrons. The van der Waals surface area contributed by atoms with Crippen LogP contribution in [0.3, 0.4) is 0 Å². The van der Waals surface area contributed by atoms with E-state index < -0.39 is 0 Å². The van der Waals surface area contributed by atoms with Gasteiger partial charge in [0.15, 0.2) is 5.75 Å². The monoisotopic (exact) mass is 305 g/mol. The zero-order chi connectivity index (χ0) is 13.3. The van der Waals surface area contributed by atoms with E-state index in [-0.39, 0.29) is 21.2 Å². The maximum Gasteiger partial charge on any atom is 0.152 e. The van der Waals surface area contributed by atoms with E-state index in [0.717, 1.165) is 11.4 Å².